The number of benzene rings is 4. The van der Waals surface area contributed by atoms with Gasteiger partial charge in [-0.1, -0.05) is 80.3 Å². The van der Waals surface area contributed by atoms with Gasteiger partial charge in [0.2, 0.25) is 5.13 Å². The number of hydrazone groups is 1. The number of hydrogen-bond acceptors (Lipinski definition) is 12. The molecule has 1 heterocycles. The third-order valence-electron chi connectivity index (χ3n) is 8.07. The normalized spacial score (nSPS) is 11.5. The van der Waals surface area contributed by atoms with Crippen molar-refractivity contribution < 1.29 is 38.1 Å². The van der Waals surface area contributed by atoms with Gasteiger partial charge >= 0.3 is 17.9 Å². The summed E-state index contributed by atoms with van der Waals surface area (Å²) in [6.07, 6.45) is 6.41. The summed E-state index contributed by atoms with van der Waals surface area (Å²) < 4.78 is 28.8. The highest BCUT2D eigenvalue weighted by atomic mass is 32.1. The Labute approximate surface area is 324 Å². The molecule has 12 heteroatoms. The summed E-state index contributed by atoms with van der Waals surface area (Å²) in [5, 5.41) is 5.07. The number of ether oxygens (including phenoxy) is 5. The molecule has 1 unspecified atom stereocenters. The number of nitrogens with one attached hydrogen (secondary N) is 1. The van der Waals surface area contributed by atoms with Crippen LogP contribution in [0.3, 0.4) is 0 Å². The number of aromatic nitrogens is 1. The fraction of sp³-hybridized carbons (Fsp3) is 0.233. The monoisotopic (exact) mass is 761 g/mol. The highest BCUT2D eigenvalue weighted by Gasteiger charge is 2.16. The van der Waals surface area contributed by atoms with E-state index in [1.165, 1.54) is 16.9 Å². The number of rotatable bonds is 21. The Morgan fingerprint density at radius 3 is 2.36 bits per heavy atom. The fourth-order valence-electron chi connectivity index (χ4n) is 5.27. The van der Waals surface area contributed by atoms with E-state index in [-0.39, 0.29) is 19.8 Å². The zero-order chi connectivity index (χ0) is 38.8. The molecule has 1 aromatic heterocycles. The number of aryl methyl sites for hydroxylation is 1. The molecule has 284 valence electrons. The van der Waals surface area contributed by atoms with Gasteiger partial charge in [0.05, 0.1) is 35.2 Å². The predicted molar refractivity (Wildman–Crippen MR) is 215 cm³/mol. The van der Waals surface area contributed by atoms with Crippen molar-refractivity contribution >= 4 is 50.8 Å². The van der Waals surface area contributed by atoms with Crippen molar-refractivity contribution in [3.8, 4) is 22.6 Å². The largest absolute Gasteiger partial charge is 0.490 e. The van der Waals surface area contributed by atoms with E-state index >= 15 is 0 Å². The second kappa shape index (κ2) is 21.0. The summed E-state index contributed by atoms with van der Waals surface area (Å²) in [4.78, 5) is 41.0. The third kappa shape index (κ3) is 12.5. The molecule has 55 heavy (non-hydrogen) atoms. The number of unbranched alkanes of at least 4 members (excludes halogenated alkanes) is 1. The van der Waals surface area contributed by atoms with Crippen LogP contribution in [0.5, 0.6) is 11.5 Å². The molecule has 5 rings (SSSR count). The second-order valence-corrected chi connectivity index (χ2v) is 13.2. The number of thiazole rings is 1. The van der Waals surface area contributed by atoms with Gasteiger partial charge in [-0.25, -0.2) is 19.4 Å². The molecular weight excluding hydrogens is 719 g/mol. The maximum absolute atomic E-state index is 13.4. The minimum atomic E-state index is -0.713. The molecule has 0 saturated carbocycles. The van der Waals surface area contributed by atoms with Crippen LogP contribution < -0.4 is 14.9 Å². The summed E-state index contributed by atoms with van der Waals surface area (Å²) >= 11 is 1.49. The maximum atomic E-state index is 13.4. The van der Waals surface area contributed by atoms with Crippen molar-refractivity contribution in [1.29, 1.82) is 0 Å². The van der Waals surface area contributed by atoms with E-state index in [0.29, 0.717) is 47.2 Å². The predicted octanol–water partition coefficient (Wildman–Crippen LogP) is 8.58. The van der Waals surface area contributed by atoms with Gasteiger partial charge < -0.3 is 23.7 Å². The van der Waals surface area contributed by atoms with Gasteiger partial charge in [-0.05, 0) is 84.5 Å². The first-order valence-electron chi connectivity index (χ1n) is 17.9. The van der Waals surface area contributed by atoms with Crippen LogP contribution in [-0.4, -0.2) is 61.6 Å². The topological polar surface area (TPSA) is 135 Å². The lowest BCUT2D eigenvalue weighted by Crippen LogP contribution is -2.29. The van der Waals surface area contributed by atoms with Gasteiger partial charge in [-0.15, -0.1) is 0 Å². The molecular formula is C43H43N3O8S. The van der Waals surface area contributed by atoms with Gasteiger partial charge in [-0.2, -0.15) is 5.10 Å². The van der Waals surface area contributed by atoms with Crippen LogP contribution in [-0.2, 0) is 30.2 Å². The van der Waals surface area contributed by atoms with Crippen molar-refractivity contribution in [2.24, 2.45) is 5.10 Å². The zero-order valence-electron chi connectivity index (χ0n) is 30.6. The highest BCUT2D eigenvalue weighted by molar-refractivity contribution is 7.22. The Morgan fingerprint density at radius 2 is 1.62 bits per heavy atom. The Morgan fingerprint density at radius 1 is 0.873 bits per heavy atom. The summed E-state index contributed by atoms with van der Waals surface area (Å²) in [5.74, 6) is -0.873. The number of nitrogens with zero attached hydrogens (tertiary/aromatic N) is 2. The van der Waals surface area contributed by atoms with Gasteiger partial charge in [0.25, 0.3) is 0 Å². The molecule has 0 spiro atoms. The van der Waals surface area contributed by atoms with Crippen LogP contribution in [0.25, 0.3) is 21.3 Å². The Hall–Kier alpha value is -6.11. The molecule has 4 aromatic carbocycles. The van der Waals surface area contributed by atoms with Crippen LogP contribution in [0.15, 0.2) is 121 Å². The first kappa shape index (κ1) is 40.1. The highest BCUT2D eigenvalue weighted by Crippen LogP contribution is 2.29. The average Bonchev–Trinajstić information content (AvgIpc) is 3.63. The molecule has 0 bridgehead atoms. The van der Waals surface area contributed by atoms with Crippen molar-refractivity contribution in [1.82, 2.24) is 4.98 Å². The van der Waals surface area contributed by atoms with E-state index in [4.69, 9.17) is 23.7 Å². The van der Waals surface area contributed by atoms with Crippen LogP contribution in [0, 0.1) is 0 Å². The second-order valence-electron chi connectivity index (χ2n) is 12.2. The lowest BCUT2D eigenvalue weighted by Gasteiger charge is -2.18. The summed E-state index contributed by atoms with van der Waals surface area (Å²) in [7, 11) is 0. The van der Waals surface area contributed by atoms with E-state index in [2.05, 4.69) is 59.9 Å². The third-order valence-corrected chi connectivity index (χ3v) is 9.01. The molecule has 0 aliphatic heterocycles. The lowest BCUT2D eigenvalue weighted by atomic mass is 10.0. The van der Waals surface area contributed by atoms with Gasteiger partial charge in [-0.3, -0.25) is 5.43 Å². The van der Waals surface area contributed by atoms with Gasteiger partial charge in [0.15, 0.2) is 6.10 Å². The molecule has 1 atom stereocenters. The number of carbonyl (C=O) groups excluding carboxylic acids is 3. The van der Waals surface area contributed by atoms with Gasteiger partial charge in [0.1, 0.15) is 18.1 Å². The molecule has 0 aliphatic carbocycles. The van der Waals surface area contributed by atoms with Crippen molar-refractivity contribution in [2.45, 2.75) is 38.7 Å². The van der Waals surface area contributed by atoms with Crippen LogP contribution in [0.2, 0.25) is 0 Å². The number of hydrogen-bond donors (Lipinski definition) is 1. The van der Waals surface area contributed by atoms with Crippen LogP contribution in [0.4, 0.5) is 5.13 Å². The van der Waals surface area contributed by atoms with Crippen LogP contribution >= 0.6 is 11.3 Å². The van der Waals surface area contributed by atoms with Crippen molar-refractivity contribution in [3.05, 3.63) is 133 Å². The fourth-order valence-corrected chi connectivity index (χ4v) is 6.08. The molecule has 11 nitrogen and oxygen atoms in total. The molecule has 5 aromatic rings. The minimum Gasteiger partial charge on any atom is -0.490 e. The SMILES string of the molecule is C=CC(=O)OCCCCOCC(COc1ccc(C(=O)Oc2ccc(-c3ccc(CCC)cc3)cc2/C=N/Nc2nc3ccccc3s2)cc1)OC(=O)C=C. The minimum absolute atomic E-state index is 0.00173. The number of carbonyl (C=O) groups is 3. The molecule has 0 fully saturated rings. The summed E-state index contributed by atoms with van der Waals surface area (Å²) in [5.41, 5.74) is 8.02. The Kier molecular flexibility index (Phi) is 15.3. The maximum Gasteiger partial charge on any atom is 0.343 e. The van der Waals surface area contributed by atoms with Crippen molar-refractivity contribution in [2.75, 3.05) is 31.9 Å². The lowest BCUT2D eigenvalue weighted by molar-refractivity contribution is -0.148. The Balaban J connectivity index is 1.22. The smallest absolute Gasteiger partial charge is 0.343 e. The van der Waals surface area contributed by atoms with Gasteiger partial charge in [0, 0.05) is 24.3 Å². The van der Waals surface area contributed by atoms with E-state index in [1.54, 1.807) is 36.5 Å². The van der Waals surface area contributed by atoms with E-state index < -0.39 is 24.0 Å². The van der Waals surface area contributed by atoms with Crippen molar-refractivity contribution in [3.63, 3.8) is 0 Å². The summed E-state index contributed by atoms with van der Waals surface area (Å²) in [6, 6.07) is 28.3. The molecule has 0 radical (unpaired) electrons. The average molecular weight is 762 g/mol. The number of fused-ring (bicyclic) bond motifs is 1. The van der Waals surface area contributed by atoms with E-state index in [9.17, 15) is 14.4 Å². The molecule has 0 saturated heterocycles. The van der Waals surface area contributed by atoms with E-state index in [0.717, 1.165) is 46.3 Å². The molecule has 1 N–H and O–H groups in total. The summed E-state index contributed by atoms with van der Waals surface area (Å²) in [6.45, 7) is 9.67. The number of esters is 3. The Bertz CT molecular complexity index is 2060. The molecule has 0 aliphatic rings. The first-order chi connectivity index (χ1) is 26.8. The van der Waals surface area contributed by atoms with E-state index in [1.807, 2.05) is 36.4 Å². The first-order valence-corrected chi connectivity index (χ1v) is 18.7. The molecule has 0 amide bonds. The number of anilines is 1. The zero-order valence-corrected chi connectivity index (χ0v) is 31.4. The quantitative estimate of drug-likeness (QED) is 0.0194. The van der Waals surface area contributed by atoms with Crippen LogP contribution in [0.1, 0.15) is 47.7 Å². The standard InChI is InChI=1S/C43H43N3O8S/c1-4-11-30-14-16-31(17-15-30)33-20-23-38(34(26-33)27-44-46-43-45-37-12-7-8-13-39(37)55-43)54-42(49)32-18-21-35(22-19-32)52-29-36(53-41(48)6-3)28-50-24-9-10-25-51-40(47)5-2/h5-8,12-23,26-27,36H,2-4,9-11,24-25,28-29H2,1H3,(H,45,46)/b44-27+. The number of para-hydroxylation sites is 1.